The molecule has 1 fully saturated rings. The topological polar surface area (TPSA) is 83.5 Å². The maximum absolute atomic E-state index is 11.3. The molecule has 0 spiro atoms. The summed E-state index contributed by atoms with van der Waals surface area (Å²) in [4.78, 5) is 13.6. The first-order chi connectivity index (χ1) is 8.20. The van der Waals surface area contributed by atoms with E-state index in [4.69, 9.17) is 10.3 Å². The number of nitrogens with zero attached hydrogens (tertiary/aromatic N) is 1. The van der Waals surface area contributed by atoms with Gasteiger partial charge in [0.25, 0.3) is 0 Å². The fourth-order valence-electron chi connectivity index (χ4n) is 1.97. The number of furan rings is 1. The molecule has 1 aromatic heterocycles. The summed E-state index contributed by atoms with van der Waals surface area (Å²) in [5.41, 5.74) is 3.12. The Balaban J connectivity index is 2.04. The van der Waals surface area contributed by atoms with Crippen molar-refractivity contribution in [2.45, 2.75) is 13.5 Å². The minimum absolute atomic E-state index is 0.273. The third kappa shape index (κ3) is 2.85. The number of amides is 1. The number of hydrazine groups is 1. The number of carbonyl (C=O) groups excluding carboxylic acids is 1. The summed E-state index contributed by atoms with van der Waals surface area (Å²) in [7, 11) is 0. The second kappa shape index (κ2) is 5.31. The van der Waals surface area contributed by atoms with Crippen molar-refractivity contribution < 1.29 is 9.21 Å². The fraction of sp³-hybridized carbons (Fsp3) is 0.545. The van der Waals surface area contributed by atoms with E-state index in [1.807, 2.05) is 6.92 Å². The number of nitrogens with two attached hydrogens (primary N) is 1. The Kier molecular flexibility index (Phi) is 3.78. The SMILES string of the molecule is Cc1oc(C(=O)NN)cc1CN1CCNCC1. The van der Waals surface area contributed by atoms with E-state index in [1.54, 1.807) is 6.07 Å². The molecule has 0 saturated carbocycles. The average molecular weight is 238 g/mol. The summed E-state index contributed by atoms with van der Waals surface area (Å²) in [6, 6.07) is 1.76. The predicted molar refractivity (Wildman–Crippen MR) is 63.2 cm³/mol. The van der Waals surface area contributed by atoms with Crippen molar-refractivity contribution in [1.82, 2.24) is 15.6 Å². The van der Waals surface area contributed by atoms with Crippen LogP contribution in [0, 0.1) is 6.92 Å². The molecular formula is C11H18N4O2. The van der Waals surface area contributed by atoms with Crippen LogP contribution >= 0.6 is 0 Å². The van der Waals surface area contributed by atoms with Crippen LogP contribution in [0.4, 0.5) is 0 Å². The molecule has 2 rings (SSSR count). The summed E-state index contributed by atoms with van der Waals surface area (Å²) in [5.74, 6) is 5.73. The van der Waals surface area contributed by atoms with Crippen LogP contribution in [0.3, 0.4) is 0 Å². The number of rotatable bonds is 3. The lowest BCUT2D eigenvalue weighted by Crippen LogP contribution is -2.42. The van der Waals surface area contributed by atoms with E-state index < -0.39 is 0 Å². The second-order valence-corrected chi connectivity index (χ2v) is 4.19. The van der Waals surface area contributed by atoms with Crippen LogP contribution in [0.1, 0.15) is 21.9 Å². The van der Waals surface area contributed by atoms with Crippen molar-refractivity contribution in [2.24, 2.45) is 5.84 Å². The zero-order valence-electron chi connectivity index (χ0n) is 9.95. The zero-order chi connectivity index (χ0) is 12.3. The van der Waals surface area contributed by atoms with Gasteiger partial charge in [-0.2, -0.15) is 0 Å². The van der Waals surface area contributed by atoms with Gasteiger partial charge in [0.15, 0.2) is 5.76 Å². The Morgan fingerprint density at radius 3 is 2.94 bits per heavy atom. The van der Waals surface area contributed by atoms with E-state index in [0.29, 0.717) is 0 Å². The molecule has 0 aliphatic carbocycles. The van der Waals surface area contributed by atoms with Crippen LogP contribution < -0.4 is 16.6 Å². The Bertz CT molecular complexity index is 396. The third-order valence-electron chi connectivity index (χ3n) is 2.98. The average Bonchev–Trinajstić information content (AvgIpc) is 2.71. The molecule has 1 amide bonds. The van der Waals surface area contributed by atoms with E-state index in [-0.39, 0.29) is 11.7 Å². The molecule has 6 nitrogen and oxygen atoms in total. The molecule has 6 heteroatoms. The smallest absolute Gasteiger partial charge is 0.300 e. The predicted octanol–water partition coefficient (Wildman–Crippen LogP) is -0.403. The van der Waals surface area contributed by atoms with Gasteiger partial charge < -0.3 is 9.73 Å². The van der Waals surface area contributed by atoms with Gasteiger partial charge in [-0.15, -0.1) is 0 Å². The van der Waals surface area contributed by atoms with Gasteiger partial charge in [0, 0.05) is 38.3 Å². The molecule has 1 aliphatic heterocycles. The molecule has 4 N–H and O–H groups in total. The number of aryl methyl sites for hydroxylation is 1. The van der Waals surface area contributed by atoms with Crippen molar-refractivity contribution >= 4 is 5.91 Å². The second-order valence-electron chi connectivity index (χ2n) is 4.19. The minimum Gasteiger partial charge on any atom is -0.456 e. The third-order valence-corrected chi connectivity index (χ3v) is 2.98. The summed E-state index contributed by atoms with van der Waals surface area (Å²) in [5, 5.41) is 3.30. The maximum Gasteiger partial charge on any atom is 0.300 e. The molecular weight excluding hydrogens is 220 g/mol. The highest BCUT2D eigenvalue weighted by Crippen LogP contribution is 2.16. The Morgan fingerprint density at radius 1 is 1.59 bits per heavy atom. The molecule has 1 aromatic rings. The van der Waals surface area contributed by atoms with Gasteiger partial charge in [-0.05, 0) is 13.0 Å². The highest BCUT2D eigenvalue weighted by molar-refractivity contribution is 5.91. The van der Waals surface area contributed by atoms with Crippen LogP contribution in [-0.2, 0) is 6.54 Å². The van der Waals surface area contributed by atoms with Crippen LogP contribution in [-0.4, -0.2) is 37.0 Å². The molecule has 0 radical (unpaired) electrons. The van der Waals surface area contributed by atoms with E-state index in [2.05, 4.69) is 15.6 Å². The normalized spacial score (nSPS) is 17.1. The highest BCUT2D eigenvalue weighted by atomic mass is 16.4. The number of nitrogen functional groups attached to an aromatic ring is 1. The zero-order valence-corrected chi connectivity index (χ0v) is 9.95. The molecule has 0 atom stereocenters. The van der Waals surface area contributed by atoms with Gasteiger partial charge in [0.1, 0.15) is 5.76 Å². The van der Waals surface area contributed by atoms with Crippen molar-refractivity contribution in [2.75, 3.05) is 26.2 Å². The molecule has 0 unspecified atom stereocenters. The van der Waals surface area contributed by atoms with Gasteiger partial charge in [0.2, 0.25) is 0 Å². The number of hydrogen-bond donors (Lipinski definition) is 3. The van der Waals surface area contributed by atoms with Gasteiger partial charge >= 0.3 is 5.91 Å². The largest absolute Gasteiger partial charge is 0.456 e. The van der Waals surface area contributed by atoms with Gasteiger partial charge in [0.05, 0.1) is 0 Å². The highest BCUT2D eigenvalue weighted by Gasteiger charge is 2.16. The summed E-state index contributed by atoms with van der Waals surface area (Å²) < 4.78 is 5.37. The van der Waals surface area contributed by atoms with E-state index in [0.717, 1.165) is 44.0 Å². The van der Waals surface area contributed by atoms with E-state index >= 15 is 0 Å². The Labute approximate surface area is 100 Å². The van der Waals surface area contributed by atoms with E-state index in [9.17, 15) is 4.79 Å². The molecule has 17 heavy (non-hydrogen) atoms. The summed E-state index contributed by atoms with van der Waals surface area (Å²) >= 11 is 0. The monoisotopic (exact) mass is 238 g/mol. The molecule has 0 bridgehead atoms. The Morgan fingerprint density at radius 2 is 2.29 bits per heavy atom. The lowest BCUT2D eigenvalue weighted by atomic mass is 10.2. The molecule has 94 valence electrons. The minimum atomic E-state index is -0.389. The van der Waals surface area contributed by atoms with Gasteiger partial charge in [-0.25, -0.2) is 5.84 Å². The fourth-order valence-corrected chi connectivity index (χ4v) is 1.97. The number of piperazine rings is 1. The molecule has 2 heterocycles. The van der Waals surface area contributed by atoms with Crippen molar-refractivity contribution in [1.29, 1.82) is 0 Å². The first-order valence-electron chi connectivity index (χ1n) is 5.74. The van der Waals surface area contributed by atoms with Crippen LogP contribution in [0.5, 0.6) is 0 Å². The number of carbonyl (C=O) groups is 1. The van der Waals surface area contributed by atoms with Gasteiger partial charge in [-0.3, -0.25) is 15.1 Å². The van der Waals surface area contributed by atoms with Crippen LogP contribution in [0.2, 0.25) is 0 Å². The molecule has 0 aromatic carbocycles. The first-order valence-corrected chi connectivity index (χ1v) is 5.74. The molecule has 1 aliphatic rings. The maximum atomic E-state index is 11.3. The standard InChI is InChI=1S/C11H18N4O2/c1-8-9(6-10(17-8)11(16)14-12)7-15-4-2-13-3-5-15/h6,13H,2-5,7,12H2,1H3,(H,14,16). The van der Waals surface area contributed by atoms with Crippen LogP contribution in [0.25, 0.3) is 0 Å². The quantitative estimate of drug-likeness (QED) is 0.379. The van der Waals surface area contributed by atoms with E-state index in [1.165, 1.54) is 0 Å². The summed E-state index contributed by atoms with van der Waals surface area (Å²) in [6.07, 6.45) is 0. The first kappa shape index (κ1) is 12.1. The summed E-state index contributed by atoms with van der Waals surface area (Å²) in [6.45, 7) is 6.73. The lowest BCUT2D eigenvalue weighted by molar-refractivity contribution is 0.0924. The Hall–Kier alpha value is -1.37. The van der Waals surface area contributed by atoms with Crippen molar-refractivity contribution in [3.63, 3.8) is 0 Å². The van der Waals surface area contributed by atoms with Crippen LogP contribution in [0.15, 0.2) is 10.5 Å². The molecule has 1 saturated heterocycles. The lowest BCUT2D eigenvalue weighted by Gasteiger charge is -2.26. The van der Waals surface area contributed by atoms with Gasteiger partial charge in [-0.1, -0.05) is 0 Å². The number of hydrogen-bond acceptors (Lipinski definition) is 5. The van der Waals surface area contributed by atoms with Crippen molar-refractivity contribution in [3.05, 3.63) is 23.2 Å². The van der Waals surface area contributed by atoms with Crippen molar-refractivity contribution in [3.8, 4) is 0 Å². The number of nitrogens with one attached hydrogen (secondary N) is 2.